The fraction of sp³-hybridized carbons (Fsp3) is 0.182. The fourth-order valence-corrected chi connectivity index (χ4v) is 4.46. The van der Waals surface area contributed by atoms with Crippen LogP contribution >= 0.6 is 10.6 Å². The summed E-state index contributed by atoms with van der Waals surface area (Å²) in [6, 6.07) is 10.8. The van der Waals surface area contributed by atoms with E-state index < -0.39 is 10.6 Å². The Morgan fingerprint density at radius 2 is 1.90 bits per heavy atom. The number of hydrogen-bond acceptors (Lipinski definition) is 5. The molecule has 4 rings (SSSR count). The third-order valence-corrected chi connectivity index (χ3v) is 7.07. The van der Waals surface area contributed by atoms with Crippen LogP contribution in [0, 0.1) is 0 Å². The van der Waals surface area contributed by atoms with Gasteiger partial charge in [0, 0.05) is 47.3 Å². The normalized spacial score (nSPS) is 12.3. The van der Waals surface area contributed by atoms with Crippen LogP contribution in [-0.2, 0) is 7.05 Å². The van der Waals surface area contributed by atoms with E-state index in [2.05, 4.69) is 10.2 Å². The van der Waals surface area contributed by atoms with Crippen LogP contribution in [0.15, 0.2) is 64.7 Å². The topological polar surface area (TPSA) is 100 Å². The quantitative estimate of drug-likeness (QED) is 0.429. The summed E-state index contributed by atoms with van der Waals surface area (Å²) < 4.78 is 28.0. The first kappa shape index (κ1) is 20.2. The first-order valence-electron chi connectivity index (χ1n) is 9.42. The summed E-state index contributed by atoms with van der Waals surface area (Å²) in [4.78, 5) is 13.2. The third-order valence-electron chi connectivity index (χ3n) is 5.26. The van der Waals surface area contributed by atoms with Gasteiger partial charge in [0.25, 0.3) is 5.56 Å². The molecule has 0 fully saturated rings. The van der Waals surface area contributed by atoms with Crippen LogP contribution in [0.5, 0.6) is 5.75 Å². The Balaban J connectivity index is 2.05. The highest BCUT2D eigenvalue weighted by Gasteiger charge is 2.19. The second-order valence-electron chi connectivity index (χ2n) is 7.02. The Morgan fingerprint density at radius 3 is 2.57 bits per heavy atom. The largest absolute Gasteiger partial charge is 0.496 e. The number of ether oxygens (including phenoxy) is 1. The molecule has 0 spiro atoms. The van der Waals surface area contributed by atoms with E-state index in [4.69, 9.17) is 4.74 Å². The molecule has 8 heteroatoms. The SMILES string of the molecule is CCS(O)(O)c1ccc(OC)c(-c2cn(C)c(=O)c3ccc(-c4cn[nH]c4)cc23)c1. The molecule has 0 radical (unpaired) electrons. The van der Waals surface area contributed by atoms with Crippen LogP contribution in [0.3, 0.4) is 0 Å². The van der Waals surface area contributed by atoms with Gasteiger partial charge in [0.2, 0.25) is 0 Å². The summed E-state index contributed by atoms with van der Waals surface area (Å²) in [6.07, 6.45) is 5.27. The molecular formula is C22H23N3O4S. The van der Waals surface area contributed by atoms with E-state index in [-0.39, 0.29) is 11.3 Å². The number of aromatic amines is 1. The fourth-order valence-electron chi connectivity index (χ4n) is 3.54. The Morgan fingerprint density at radius 1 is 1.10 bits per heavy atom. The second kappa shape index (κ2) is 7.64. The zero-order valence-corrected chi connectivity index (χ0v) is 17.7. The van der Waals surface area contributed by atoms with Crippen LogP contribution in [0.25, 0.3) is 33.0 Å². The summed E-state index contributed by atoms with van der Waals surface area (Å²) in [5, 5.41) is 8.12. The van der Waals surface area contributed by atoms with Crippen molar-refractivity contribution >= 4 is 21.4 Å². The maximum absolute atomic E-state index is 12.8. The van der Waals surface area contributed by atoms with Crippen LogP contribution in [-0.4, -0.2) is 36.7 Å². The van der Waals surface area contributed by atoms with Crippen molar-refractivity contribution in [2.75, 3.05) is 12.9 Å². The van der Waals surface area contributed by atoms with Crippen LogP contribution in [0.1, 0.15) is 6.92 Å². The summed E-state index contributed by atoms with van der Waals surface area (Å²) in [5.74, 6) is 0.802. The molecule has 3 N–H and O–H groups in total. The molecule has 30 heavy (non-hydrogen) atoms. The van der Waals surface area contributed by atoms with Gasteiger partial charge in [-0.25, -0.2) is 0 Å². The van der Waals surface area contributed by atoms with E-state index in [0.29, 0.717) is 21.6 Å². The van der Waals surface area contributed by atoms with Crippen molar-refractivity contribution < 1.29 is 13.8 Å². The minimum Gasteiger partial charge on any atom is -0.496 e. The highest BCUT2D eigenvalue weighted by molar-refractivity contribution is 8.24. The average Bonchev–Trinajstić information content (AvgIpc) is 3.30. The van der Waals surface area contributed by atoms with E-state index in [9.17, 15) is 13.9 Å². The molecule has 0 saturated carbocycles. The molecular weight excluding hydrogens is 402 g/mol. The van der Waals surface area contributed by atoms with Gasteiger partial charge >= 0.3 is 0 Å². The number of aryl methyl sites for hydroxylation is 1. The van der Waals surface area contributed by atoms with Gasteiger partial charge in [-0.05, 0) is 48.2 Å². The number of nitrogens with zero attached hydrogens (tertiary/aromatic N) is 2. The summed E-state index contributed by atoms with van der Waals surface area (Å²) >= 11 is 0. The van der Waals surface area contributed by atoms with Crippen LogP contribution < -0.4 is 10.3 Å². The molecule has 0 aliphatic rings. The first-order chi connectivity index (χ1) is 14.4. The van der Waals surface area contributed by atoms with Crippen molar-refractivity contribution in [3.63, 3.8) is 0 Å². The molecule has 0 bridgehead atoms. The third kappa shape index (κ3) is 3.39. The monoisotopic (exact) mass is 425 g/mol. The molecule has 0 saturated heterocycles. The van der Waals surface area contributed by atoms with Gasteiger partial charge in [-0.1, -0.05) is 6.07 Å². The number of hydrogen-bond donors (Lipinski definition) is 3. The van der Waals surface area contributed by atoms with Crippen molar-refractivity contribution in [3.8, 4) is 28.0 Å². The maximum atomic E-state index is 12.8. The molecule has 2 heterocycles. The van der Waals surface area contributed by atoms with E-state index in [1.54, 1.807) is 63.9 Å². The predicted octanol–water partition coefficient (Wildman–Crippen LogP) is 4.73. The molecule has 4 aromatic rings. The van der Waals surface area contributed by atoms with Crippen LogP contribution in [0.2, 0.25) is 0 Å². The highest BCUT2D eigenvalue weighted by atomic mass is 32.3. The Kier molecular flexibility index (Phi) is 5.15. The summed E-state index contributed by atoms with van der Waals surface area (Å²) in [6.45, 7) is 1.73. The highest BCUT2D eigenvalue weighted by Crippen LogP contribution is 2.50. The van der Waals surface area contributed by atoms with E-state index in [0.717, 1.165) is 22.1 Å². The number of fused-ring (bicyclic) bond motifs is 1. The van der Waals surface area contributed by atoms with Gasteiger partial charge in [0.1, 0.15) is 5.75 Å². The number of benzene rings is 2. The molecule has 0 amide bonds. The number of methoxy groups -OCH3 is 1. The summed E-state index contributed by atoms with van der Waals surface area (Å²) in [5.41, 5.74) is 3.17. The Bertz CT molecular complexity index is 1280. The lowest BCUT2D eigenvalue weighted by molar-refractivity contribution is 0.416. The van der Waals surface area contributed by atoms with E-state index in [1.807, 2.05) is 12.1 Å². The van der Waals surface area contributed by atoms with Gasteiger partial charge in [0.05, 0.1) is 18.2 Å². The molecule has 0 atom stereocenters. The minimum absolute atomic E-state index is 0.111. The molecule has 2 aromatic carbocycles. The minimum atomic E-state index is -2.91. The van der Waals surface area contributed by atoms with Gasteiger partial charge in [-0.2, -0.15) is 15.7 Å². The lowest BCUT2D eigenvalue weighted by atomic mass is 9.97. The summed E-state index contributed by atoms with van der Waals surface area (Å²) in [7, 11) is 0.361. The first-order valence-corrected chi connectivity index (χ1v) is 11.1. The Hall–Kier alpha value is -3.07. The zero-order chi connectivity index (χ0) is 21.5. The van der Waals surface area contributed by atoms with Gasteiger partial charge in [0.15, 0.2) is 0 Å². The van der Waals surface area contributed by atoms with Crippen LogP contribution in [0.4, 0.5) is 0 Å². The molecule has 0 aliphatic carbocycles. The Labute approximate surface area is 175 Å². The maximum Gasteiger partial charge on any atom is 0.258 e. The number of aromatic nitrogens is 3. The molecule has 2 aromatic heterocycles. The smallest absolute Gasteiger partial charge is 0.258 e. The lowest BCUT2D eigenvalue weighted by Gasteiger charge is -2.31. The molecule has 156 valence electrons. The van der Waals surface area contributed by atoms with Gasteiger partial charge in [-0.3, -0.25) is 19.0 Å². The lowest BCUT2D eigenvalue weighted by Crippen LogP contribution is -2.16. The predicted molar refractivity (Wildman–Crippen MR) is 120 cm³/mol. The van der Waals surface area contributed by atoms with Crippen molar-refractivity contribution in [2.24, 2.45) is 7.05 Å². The number of H-pyrrole nitrogens is 1. The number of pyridine rings is 1. The second-order valence-corrected chi connectivity index (χ2v) is 9.41. The molecule has 0 unspecified atom stereocenters. The zero-order valence-electron chi connectivity index (χ0n) is 16.9. The molecule has 7 nitrogen and oxygen atoms in total. The van der Waals surface area contributed by atoms with Crippen molar-refractivity contribution in [2.45, 2.75) is 11.8 Å². The van der Waals surface area contributed by atoms with E-state index in [1.165, 1.54) is 4.57 Å². The molecule has 0 aliphatic heterocycles. The number of nitrogens with one attached hydrogen (secondary N) is 1. The van der Waals surface area contributed by atoms with Crippen molar-refractivity contribution in [1.29, 1.82) is 0 Å². The van der Waals surface area contributed by atoms with Crippen molar-refractivity contribution in [1.82, 2.24) is 14.8 Å². The van der Waals surface area contributed by atoms with Gasteiger partial charge < -0.3 is 9.30 Å². The number of rotatable bonds is 5. The average molecular weight is 426 g/mol. The van der Waals surface area contributed by atoms with Crippen molar-refractivity contribution in [3.05, 3.63) is 65.3 Å². The standard InChI is InChI=1S/C22H23N3O4S/c1-4-30(27,28)16-6-8-21(29-3)19(10-16)20-13-25(2)22(26)17-7-5-14(9-18(17)20)15-11-23-24-12-15/h5-13,27-28H,4H2,1-3H3,(H,23,24). The van der Waals surface area contributed by atoms with E-state index >= 15 is 0 Å². The van der Waals surface area contributed by atoms with Gasteiger partial charge in [-0.15, -0.1) is 0 Å².